The lowest BCUT2D eigenvalue weighted by Gasteiger charge is -2.14. The Labute approximate surface area is 89.7 Å². The lowest BCUT2D eigenvalue weighted by Crippen LogP contribution is -2.27. The van der Waals surface area contributed by atoms with Gasteiger partial charge in [-0.1, -0.05) is 23.7 Å². The van der Waals surface area contributed by atoms with Gasteiger partial charge in [0, 0.05) is 30.1 Å². The van der Waals surface area contributed by atoms with Gasteiger partial charge in [0.2, 0.25) is 0 Å². The second-order valence-corrected chi connectivity index (χ2v) is 4.48. The van der Waals surface area contributed by atoms with Crippen LogP contribution in [0.1, 0.15) is 11.5 Å². The standard InChI is InChI=1S/C11H15ClN2/c1-14-6-10(11(13)7-14)8-2-4-9(12)5-3-8/h2-5,10-11H,6-7,13H2,1H3/t10-,11+/m0/s1. The molecule has 0 amide bonds. The summed E-state index contributed by atoms with van der Waals surface area (Å²) in [7, 11) is 2.11. The lowest BCUT2D eigenvalue weighted by molar-refractivity contribution is 0.407. The molecule has 2 nitrogen and oxygen atoms in total. The first kappa shape index (κ1) is 9.97. The highest BCUT2D eigenvalue weighted by Gasteiger charge is 2.28. The number of likely N-dealkylation sites (tertiary alicyclic amines) is 1. The normalized spacial score (nSPS) is 28.2. The molecular weight excluding hydrogens is 196 g/mol. The van der Waals surface area contributed by atoms with Crippen molar-refractivity contribution in [2.45, 2.75) is 12.0 Å². The van der Waals surface area contributed by atoms with E-state index in [1.54, 1.807) is 0 Å². The van der Waals surface area contributed by atoms with E-state index >= 15 is 0 Å². The zero-order chi connectivity index (χ0) is 10.1. The van der Waals surface area contributed by atoms with E-state index in [0.29, 0.717) is 5.92 Å². The zero-order valence-electron chi connectivity index (χ0n) is 8.28. The predicted molar refractivity (Wildman–Crippen MR) is 59.7 cm³/mol. The molecule has 0 saturated carbocycles. The van der Waals surface area contributed by atoms with Gasteiger partial charge in [-0.05, 0) is 24.7 Å². The predicted octanol–water partition coefficient (Wildman–Crippen LogP) is 1.70. The van der Waals surface area contributed by atoms with Gasteiger partial charge in [-0.3, -0.25) is 0 Å². The van der Waals surface area contributed by atoms with Crippen molar-refractivity contribution in [3.8, 4) is 0 Å². The summed E-state index contributed by atoms with van der Waals surface area (Å²) in [5.41, 5.74) is 7.36. The molecule has 1 fully saturated rings. The van der Waals surface area contributed by atoms with Gasteiger partial charge in [0.25, 0.3) is 0 Å². The minimum Gasteiger partial charge on any atom is -0.326 e. The maximum atomic E-state index is 6.06. The van der Waals surface area contributed by atoms with E-state index in [2.05, 4.69) is 24.1 Å². The van der Waals surface area contributed by atoms with Crippen molar-refractivity contribution in [3.05, 3.63) is 34.9 Å². The first-order chi connectivity index (χ1) is 6.66. The fraction of sp³-hybridized carbons (Fsp3) is 0.455. The van der Waals surface area contributed by atoms with E-state index in [9.17, 15) is 0 Å². The average Bonchev–Trinajstić information content (AvgIpc) is 2.47. The number of halogens is 1. The molecule has 1 heterocycles. The van der Waals surface area contributed by atoms with Gasteiger partial charge in [0.15, 0.2) is 0 Å². The molecule has 1 aliphatic rings. The molecule has 2 atom stereocenters. The van der Waals surface area contributed by atoms with Crippen LogP contribution in [0.25, 0.3) is 0 Å². The Morgan fingerprint density at radius 1 is 1.29 bits per heavy atom. The summed E-state index contributed by atoms with van der Waals surface area (Å²) in [4.78, 5) is 2.27. The Morgan fingerprint density at radius 2 is 1.93 bits per heavy atom. The van der Waals surface area contributed by atoms with E-state index in [1.165, 1.54) is 5.56 Å². The monoisotopic (exact) mass is 210 g/mol. The van der Waals surface area contributed by atoms with Crippen LogP contribution in [0.3, 0.4) is 0 Å². The van der Waals surface area contributed by atoms with Crippen molar-refractivity contribution in [2.75, 3.05) is 20.1 Å². The van der Waals surface area contributed by atoms with Crippen LogP contribution in [-0.2, 0) is 0 Å². The summed E-state index contributed by atoms with van der Waals surface area (Å²) >= 11 is 5.84. The van der Waals surface area contributed by atoms with Crippen molar-refractivity contribution in [1.82, 2.24) is 4.90 Å². The molecule has 3 heteroatoms. The van der Waals surface area contributed by atoms with Crippen LogP contribution in [0.2, 0.25) is 5.02 Å². The van der Waals surface area contributed by atoms with Crippen molar-refractivity contribution in [1.29, 1.82) is 0 Å². The van der Waals surface area contributed by atoms with Crippen LogP contribution < -0.4 is 5.73 Å². The SMILES string of the molecule is CN1C[C@@H](N)[C@H](c2ccc(Cl)cc2)C1. The second-order valence-electron chi connectivity index (χ2n) is 4.04. The molecule has 1 saturated heterocycles. The highest BCUT2D eigenvalue weighted by Crippen LogP contribution is 2.26. The number of nitrogens with zero attached hydrogens (tertiary/aromatic N) is 1. The number of benzene rings is 1. The van der Waals surface area contributed by atoms with E-state index in [0.717, 1.165) is 18.1 Å². The molecular formula is C11H15ClN2. The molecule has 0 radical (unpaired) electrons. The topological polar surface area (TPSA) is 29.3 Å². The third-order valence-corrected chi connectivity index (χ3v) is 3.10. The van der Waals surface area contributed by atoms with Gasteiger partial charge in [-0.25, -0.2) is 0 Å². The third-order valence-electron chi connectivity index (χ3n) is 2.85. The lowest BCUT2D eigenvalue weighted by atomic mass is 9.95. The quantitative estimate of drug-likeness (QED) is 0.765. The number of hydrogen-bond donors (Lipinski definition) is 1. The fourth-order valence-electron chi connectivity index (χ4n) is 2.10. The summed E-state index contributed by atoms with van der Waals surface area (Å²) in [6, 6.07) is 8.27. The summed E-state index contributed by atoms with van der Waals surface area (Å²) in [5, 5.41) is 0.786. The number of nitrogens with two attached hydrogens (primary N) is 1. The molecule has 0 bridgehead atoms. The second kappa shape index (κ2) is 3.89. The smallest absolute Gasteiger partial charge is 0.0406 e. The maximum Gasteiger partial charge on any atom is 0.0406 e. The average molecular weight is 211 g/mol. The van der Waals surface area contributed by atoms with Crippen LogP contribution in [-0.4, -0.2) is 31.1 Å². The van der Waals surface area contributed by atoms with Gasteiger partial charge >= 0.3 is 0 Å². The van der Waals surface area contributed by atoms with E-state index in [4.69, 9.17) is 17.3 Å². The van der Waals surface area contributed by atoms with Crippen LogP contribution in [0.4, 0.5) is 0 Å². The van der Waals surface area contributed by atoms with Gasteiger partial charge in [-0.15, -0.1) is 0 Å². The molecule has 0 unspecified atom stereocenters. The third kappa shape index (κ3) is 1.92. The van der Waals surface area contributed by atoms with Gasteiger partial charge in [-0.2, -0.15) is 0 Å². The van der Waals surface area contributed by atoms with Crippen LogP contribution in [0.15, 0.2) is 24.3 Å². The number of likely N-dealkylation sites (N-methyl/N-ethyl adjacent to an activating group) is 1. The Balaban J connectivity index is 2.19. The molecule has 76 valence electrons. The Kier molecular flexibility index (Phi) is 2.77. The molecule has 0 aromatic heterocycles. The van der Waals surface area contributed by atoms with Crippen molar-refractivity contribution in [2.24, 2.45) is 5.73 Å². The summed E-state index contributed by atoms with van der Waals surface area (Å²) in [6.45, 7) is 2.02. The van der Waals surface area contributed by atoms with Crippen LogP contribution >= 0.6 is 11.6 Å². The van der Waals surface area contributed by atoms with Crippen LogP contribution in [0, 0.1) is 0 Å². The summed E-state index contributed by atoms with van der Waals surface area (Å²) < 4.78 is 0. The Morgan fingerprint density at radius 3 is 2.43 bits per heavy atom. The highest BCUT2D eigenvalue weighted by molar-refractivity contribution is 6.30. The first-order valence-electron chi connectivity index (χ1n) is 4.86. The van der Waals surface area contributed by atoms with E-state index < -0.39 is 0 Å². The van der Waals surface area contributed by atoms with Gasteiger partial charge in [0.1, 0.15) is 0 Å². The molecule has 0 aliphatic carbocycles. The number of rotatable bonds is 1. The van der Waals surface area contributed by atoms with Crippen LogP contribution in [0.5, 0.6) is 0 Å². The van der Waals surface area contributed by atoms with E-state index in [1.807, 2.05) is 12.1 Å². The Bertz CT molecular complexity index is 310. The molecule has 2 N–H and O–H groups in total. The molecule has 1 aromatic rings. The Hall–Kier alpha value is -0.570. The van der Waals surface area contributed by atoms with Crippen molar-refractivity contribution < 1.29 is 0 Å². The highest BCUT2D eigenvalue weighted by atomic mass is 35.5. The summed E-state index contributed by atoms with van der Waals surface area (Å²) in [5.74, 6) is 0.456. The van der Waals surface area contributed by atoms with Crippen molar-refractivity contribution in [3.63, 3.8) is 0 Å². The molecule has 1 aliphatic heterocycles. The number of hydrogen-bond acceptors (Lipinski definition) is 2. The first-order valence-corrected chi connectivity index (χ1v) is 5.24. The molecule has 1 aromatic carbocycles. The maximum absolute atomic E-state index is 6.06. The van der Waals surface area contributed by atoms with Gasteiger partial charge < -0.3 is 10.6 Å². The minimum absolute atomic E-state index is 0.251. The molecule has 2 rings (SSSR count). The van der Waals surface area contributed by atoms with Crippen molar-refractivity contribution >= 4 is 11.6 Å². The molecule has 0 spiro atoms. The molecule has 14 heavy (non-hydrogen) atoms. The zero-order valence-corrected chi connectivity index (χ0v) is 9.04. The largest absolute Gasteiger partial charge is 0.326 e. The minimum atomic E-state index is 0.251. The van der Waals surface area contributed by atoms with Gasteiger partial charge in [0.05, 0.1) is 0 Å². The van der Waals surface area contributed by atoms with E-state index in [-0.39, 0.29) is 6.04 Å². The fourth-order valence-corrected chi connectivity index (χ4v) is 2.22. The summed E-state index contributed by atoms with van der Waals surface area (Å²) in [6.07, 6.45) is 0.